The molecule has 256 valence electrons. The van der Waals surface area contributed by atoms with E-state index in [0.717, 1.165) is 24.8 Å². The number of hydrogen-bond donors (Lipinski definition) is 2. The molecule has 6 nitrogen and oxygen atoms in total. The molecule has 2 spiro atoms. The van der Waals surface area contributed by atoms with Gasteiger partial charge in [0, 0.05) is 45.4 Å². The summed E-state index contributed by atoms with van der Waals surface area (Å²) in [4.78, 5) is 29.6. The Hall–Kier alpha value is -3.00. The van der Waals surface area contributed by atoms with Gasteiger partial charge >= 0.3 is 6.09 Å². The van der Waals surface area contributed by atoms with E-state index in [-0.39, 0.29) is 53.2 Å². The number of rotatable bonds is 8. The van der Waals surface area contributed by atoms with Gasteiger partial charge in [-0.3, -0.25) is 4.79 Å². The summed E-state index contributed by atoms with van der Waals surface area (Å²) in [6.07, 6.45) is 10.3. The van der Waals surface area contributed by atoms with Crippen molar-refractivity contribution in [3.8, 4) is 0 Å². The van der Waals surface area contributed by atoms with Crippen LogP contribution in [0.4, 0.5) is 9.18 Å². The predicted octanol–water partition coefficient (Wildman–Crippen LogP) is 7.84. The second kappa shape index (κ2) is 11.8. The molecule has 8 rings (SSSR count). The molecule has 0 saturated heterocycles. The number of fused-ring (bicyclic) bond motifs is 1. The van der Waals surface area contributed by atoms with Crippen molar-refractivity contribution in [2.24, 2.45) is 33.5 Å². The van der Waals surface area contributed by atoms with E-state index in [1.165, 1.54) is 6.07 Å². The average Bonchev–Trinajstić information content (AvgIpc) is 3.33. The smallest absolute Gasteiger partial charge is 0.410 e. The SMILES string of the molecule is CCOC(=O)N(Cc1ccccc1)C[C@]1(O)CC[C@H]2[C@]34C=C[C@@]5(C=C3C(=O)Cc3c(F)cccc3Cl)CC(O)CC[C@]5(C)[C@H]4CC[C@@]21C. The molecular formula is C40H47ClFNO5. The van der Waals surface area contributed by atoms with E-state index >= 15 is 4.39 Å². The largest absolute Gasteiger partial charge is 0.450 e. The zero-order chi connectivity index (χ0) is 34.1. The molecule has 1 amide bonds. The predicted molar refractivity (Wildman–Crippen MR) is 183 cm³/mol. The highest BCUT2D eigenvalue weighted by Gasteiger charge is 2.74. The summed E-state index contributed by atoms with van der Waals surface area (Å²) >= 11 is 6.45. The van der Waals surface area contributed by atoms with Crippen molar-refractivity contribution in [2.75, 3.05) is 13.2 Å². The highest BCUT2D eigenvalue weighted by Crippen LogP contribution is 2.78. The van der Waals surface area contributed by atoms with E-state index in [1.807, 2.05) is 30.3 Å². The molecule has 3 fully saturated rings. The molecule has 0 heterocycles. The van der Waals surface area contributed by atoms with Crippen LogP contribution in [0.1, 0.15) is 76.8 Å². The van der Waals surface area contributed by atoms with Crippen molar-refractivity contribution in [1.29, 1.82) is 0 Å². The lowest BCUT2D eigenvalue weighted by Gasteiger charge is -2.71. The van der Waals surface area contributed by atoms with Gasteiger partial charge in [0.2, 0.25) is 0 Å². The first-order valence-corrected chi connectivity index (χ1v) is 18.0. The highest BCUT2D eigenvalue weighted by atomic mass is 35.5. The minimum atomic E-state index is -1.23. The van der Waals surface area contributed by atoms with Gasteiger partial charge in [-0.1, -0.05) is 80.1 Å². The number of hydrogen-bond acceptors (Lipinski definition) is 5. The number of aliphatic hydroxyl groups excluding tert-OH is 1. The van der Waals surface area contributed by atoms with Gasteiger partial charge < -0.3 is 19.8 Å². The van der Waals surface area contributed by atoms with E-state index in [2.05, 4.69) is 32.1 Å². The fraction of sp³-hybridized carbons (Fsp3) is 0.550. The quantitative estimate of drug-likeness (QED) is 0.279. The maximum atomic E-state index is 15.1. The average molecular weight is 676 g/mol. The van der Waals surface area contributed by atoms with Gasteiger partial charge in [-0.05, 0) is 86.8 Å². The Labute approximate surface area is 288 Å². The molecule has 8 heteroatoms. The molecule has 6 aliphatic carbocycles. The lowest BCUT2D eigenvalue weighted by molar-refractivity contribution is -0.178. The van der Waals surface area contributed by atoms with Crippen LogP contribution in [-0.2, 0) is 22.5 Å². The fourth-order valence-electron chi connectivity index (χ4n) is 11.1. The maximum absolute atomic E-state index is 15.1. The number of ketones is 1. The van der Waals surface area contributed by atoms with Gasteiger partial charge in [-0.15, -0.1) is 0 Å². The second-order valence-electron chi connectivity index (χ2n) is 15.7. The van der Waals surface area contributed by atoms with Crippen LogP contribution < -0.4 is 0 Å². The number of carbonyl (C=O) groups excluding carboxylic acids is 2. The molecule has 2 bridgehead atoms. The maximum Gasteiger partial charge on any atom is 0.410 e. The minimum absolute atomic E-state index is 0.0981. The number of nitrogens with zero attached hydrogens (tertiary/aromatic N) is 1. The molecule has 48 heavy (non-hydrogen) atoms. The molecule has 8 atom stereocenters. The molecule has 3 saturated carbocycles. The van der Waals surface area contributed by atoms with E-state index in [1.54, 1.807) is 24.0 Å². The number of amides is 1. The molecule has 2 aromatic carbocycles. The van der Waals surface area contributed by atoms with Crippen LogP contribution in [0, 0.1) is 39.3 Å². The monoisotopic (exact) mass is 675 g/mol. The Morgan fingerprint density at radius 1 is 0.979 bits per heavy atom. The molecule has 0 aliphatic heterocycles. The van der Waals surface area contributed by atoms with E-state index in [4.69, 9.17) is 16.3 Å². The van der Waals surface area contributed by atoms with Crippen LogP contribution in [0.15, 0.2) is 72.3 Å². The molecule has 0 radical (unpaired) electrons. The first-order valence-electron chi connectivity index (χ1n) is 17.6. The Bertz CT molecular complexity index is 1660. The van der Waals surface area contributed by atoms with Crippen molar-refractivity contribution in [2.45, 2.75) is 90.4 Å². The van der Waals surface area contributed by atoms with Gasteiger partial charge in [0.05, 0.1) is 24.9 Å². The third-order valence-electron chi connectivity index (χ3n) is 13.6. The summed E-state index contributed by atoms with van der Waals surface area (Å²) in [5.74, 6) is -0.651. The van der Waals surface area contributed by atoms with E-state index < -0.39 is 39.9 Å². The van der Waals surface area contributed by atoms with Crippen molar-refractivity contribution < 1.29 is 28.9 Å². The van der Waals surface area contributed by atoms with Crippen molar-refractivity contribution in [3.63, 3.8) is 0 Å². The van der Waals surface area contributed by atoms with Gasteiger partial charge in [-0.25, -0.2) is 9.18 Å². The zero-order valence-corrected chi connectivity index (χ0v) is 28.9. The number of Topliss-reactive ketones (excluding diaryl/α,β-unsaturated/α-hetero) is 1. The Kier molecular flexibility index (Phi) is 8.24. The first kappa shape index (κ1) is 33.5. The van der Waals surface area contributed by atoms with E-state index in [0.29, 0.717) is 37.8 Å². The molecule has 0 aromatic heterocycles. The Balaban J connectivity index is 1.30. The number of carbonyl (C=O) groups is 2. The van der Waals surface area contributed by atoms with Crippen LogP contribution in [0.3, 0.4) is 0 Å². The minimum Gasteiger partial charge on any atom is -0.450 e. The second-order valence-corrected chi connectivity index (χ2v) is 16.1. The van der Waals surface area contributed by atoms with Crippen LogP contribution in [0.5, 0.6) is 0 Å². The third kappa shape index (κ3) is 4.78. The number of halogens is 2. The van der Waals surface area contributed by atoms with Gasteiger partial charge in [0.25, 0.3) is 0 Å². The molecule has 2 N–H and O–H groups in total. The molecule has 1 unspecified atom stereocenters. The third-order valence-corrected chi connectivity index (χ3v) is 14.0. The van der Waals surface area contributed by atoms with Gasteiger partial charge in [-0.2, -0.15) is 0 Å². The van der Waals surface area contributed by atoms with Crippen molar-refractivity contribution >= 4 is 23.5 Å². The lowest BCUT2D eigenvalue weighted by atomic mass is 9.32. The lowest BCUT2D eigenvalue weighted by Crippen LogP contribution is -2.67. The summed E-state index contributed by atoms with van der Waals surface area (Å²) in [6.45, 7) is 6.92. The normalized spacial score (nSPS) is 37.6. The van der Waals surface area contributed by atoms with Gasteiger partial charge in [0.15, 0.2) is 5.78 Å². The highest BCUT2D eigenvalue weighted by molar-refractivity contribution is 6.31. The van der Waals surface area contributed by atoms with Crippen LogP contribution in [0.2, 0.25) is 5.02 Å². The van der Waals surface area contributed by atoms with Gasteiger partial charge in [0.1, 0.15) is 5.82 Å². The molecular weight excluding hydrogens is 629 g/mol. The molecule has 2 aromatic rings. The number of ether oxygens (including phenoxy) is 1. The summed E-state index contributed by atoms with van der Waals surface area (Å²) in [5.41, 5.74) is -1.40. The van der Waals surface area contributed by atoms with Crippen molar-refractivity contribution in [1.82, 2.24) is 4.90 Å². The number of aliphatic hydroxyl groups is 2. The summed E-state index contributed by atoms with van der Waals surface area (Å²) < 4.78 is 20.6. The topological polar surface area (TPSA) is 87.1 Å². The summed E-state index contributed by atoms with van der Waals surface area (Å²) in [5, 5.41) is 24.0. The number of benzene rings is 2. The Morgan fingerprint density at radius 3 is 2.42 bits per heavy atom. The number of allylic oxidation sites excluding steroid dienone is 4. The van der Waals surface area contributed by atoms with Crippen molar-refractivity contribution in [3.05, 3.63) is 94.3 Å². The standard InChI is InChI=1S/C40H47ClFNO5/c1-4-48-35(46)43(24-26-9-6-5-7-10-26)25-39(47)18-15-34-37(39,3)17-14-33-36(2)16-13-27(44)22-38(36)19-20-40(33,34)29(23-38)32(45)21-28-30(41)11-8-12-31(28)42/h5-12,19-20,23,27,33-34,44,47H,4,13-18,21-22,24-25H2,1-3H3/t27?,33-,34-,36-,37+,38+,39-,40-/m1/s1. The van der Waals surface area contributed by atoms with Crippen LogP contribution >= 0.6 is 11.6 Å². The summed E-state index contributed by atoms with van der Waals surface area (Å²) in [7, 11) is 0. The zero-order valence-electron chi connectivity index (χ0n) is 28.2. The fourth-order valence-corrected chi connectivity index (χ4v) is 11.4. The van der Waals surface area contributed by atoms with E-state index in [9.17, 15) is 19.8 Å². The Morgan fingerprint density at radius 2 is 1.69 bits per heavy atom. The van der Waals surface area contributed by atoms with Crippen LogP contribution in [-0.4, -0.2) is 51.8 Å². The molecule has 6 aliphatic rings. The first-order chi connectivity index (χ1) is 22.8. The summed E-state index contributed by atoms with van der Waals surface area (Å²) in [6, 6.07) is 14.2. The van der Waals surface area contributed by atoms with Crippen LogP contribution in [0.25, 0.3) is 0 Å².